The zero-order valence-corrected chi connectivity index (χ0v) is 28.5. The van der Waals surface area contributed by atoms with E-state index in [1.54, 1.807) is 24.4 Å². The summed E-state index contributed by atoms with van der Waals surface area (Å²) in [6.07, 6.45) is -2.91. The molecule has 1 fully saturated rings. The Morgan fingerprint density at radius 2 is 1.83 bits per heavy atom. The number of halogens is 4. The number of alkyl halides is 6. The van der Waals surface area contributed by atoms with E-state index in [1.807, 2.05) is 13.8 Å². The molecule has 0 aliphatic carbocycles. The number of fused-ring (bicyclic) bond motifs is 1. The number of urea groups is 1. The van der Waals surface area contributed by atoms with E-state index >= 15 is 0 Å². The number of benzene rings is 2. The summed E-state index contributed by atoms with van der Waals surface area (Å²) in [5.74, 6) is 0.610. The summed E-state index contributed by atoms with van der Waals surface area (Å²) in [7, 11) is 1.46. The van der Waals surface area contributed by atoms with E-state index in [0.717, 1.165) is 40.1 Å². The Hall–Kier alpha value is -3.66. The predicted octanol–water partition coefficient (Wildman–Crippen LogP) is 6.50. The number of methoxy groups -OCH3 is 1. The zero-order valence-electron chi connectivity index (χ0n) is 26.4. The number of nitrogens with one attached hydrogen (secondary N) is 2. The molecule has 0 atom stereocenters. The maximum absolute atomic E-state index is 14.2. The molecule has 0 spiro atoms. The molecular formula is C32H39F3IN7O3. The van der Waals surface area contributed by atoms with Crippen molar-refractivity contribution < 1.29 is 27.5 Å². The normalized spacial score (nSPS) is 16.3. The molecule has 3 aromatic rings. The summed E-state index contributed by atoms with van der Waals surface area (Å²) < 4.78 is 50.6. The molecule has 248 valence electrons. The fourth-order valence-corrected chi connectivity index (χ4v) is 11.4. The quantitative estimate of drug-likeness (QED) is 0.180. The van der Waals surface area contributed by atoms with Gasteiger partial charge in [0, 0.05) is 24.8 Å². The number of rotatable bonds is 10. The van der Waals surface area contributed by atoms with Crippen LogP contribution in [0.5, 0.6) is 5.75 Å². The first kappa shape index (κ1) is 33.7. The molecule has 0 unspecified atom stereocenters. The minimum atomic E-state index is -4.58. The molecular weight excluding hydrogens is 714 g/mol. The van der Waals surface area contributed by atoms with Gasteiger partial charge in [0.05, 0.1) is 0 Å². The third kappa shape index (κ3) is 7.48. The van der Waals surface area contributed by atoms with E-state index in [2.05, 4.69) is 32.4 Å². The average Bonchev–Trinajstić information content (AvgIpc) is 3.04. The number of carbonyl (C=O) groups is 2. The number of aromatic nitrogens is 2. The number of carbonyl (C=O) groups excluding carboxylic acids is 2. The molecule has 46 heavy (non-hydrogen) atoms. The molecule has 5 rings (SSSR count). The summed E-state index contributed by atoms with van der Waals surface area (Å²) in [6.45, 7) is 9.89. The molecule has 3 amide bonds. The van der Waals surface area contributed by atoms with E-state index < -0.39 is 37.5 Å². The summed E-state index contributed by atoms with van der Waals surface area (Å²) in [6, 6.07) is 8.37. The molecule has 0 bridgehead atoms. The molecule has 2 N–H and O–H groups in total. The molecule has 0 saturated carbocycles. The van der Waals surface area contributed by atoms with Gasteiger partial charge in [0.1, 0.15) is 5.82 Å². The van der Waals surface area contributed by atoms with Gasteiger partial charge in [-0.2, -0.15) is 4.98 Å². The van der Waals surface area contributed by atoms with E-state index in [9.17, 15) is 22.8 Å². The van der Waals surface area contributed by atoms with Gasteiger partial charge in [-0.1, -0.05) is 0 Å². The topological polar surface area (TPSA) is 103 Å². The van der Waals surface area contributed by atoms with E-state index in [1.165, 1.54) is 29.0 Å². The van der Waals surface area contributed by atoms with Crippen molar-refractivity contribution in [1.29, 1.82) is 0 Å². The fourth-order valence-electron chi connectivity index (χ4n) is 5.52. The Balaban J connectivity index is 1.38. The van der Waals surface area contributed by atoms with Gasteiger partial charge in [-0.3, -0.25) is 4.90 Å². The second kappa shape index (κ2) is 14.4. The van der Waals surface area contributed by atoms with Gasteiger partial charge in [0.25, 0.3) is 0 Å². The van der Waals surface area contributed by atoms with Crippen LogP contribution in [0.4, 0.5) is 41.1 Å². The van der Waals surface area contributed by atoms with Crippen molar-refractivity contribution in [1.82, 2.24) is 14.9 Å². The summed E-state index contributed by atoms with van der Waals surface area (Å²) in [4.78, 5) is 41.2. The van der Waals surface area contributed by atoms with Crippen LogP contribution in [0.2, 0.25) is 0 Å². The Labute approximate surface area is 274 Å². The van der Waals surface area contributed by atoms with Crippen molar-refractivity contribution in [3.8, 4) is 5.75 Å². The second-order valence-electron chi connectivity index (χ2n) is 10.9. The number of hydrogen-bond acceptors (Lipinski definition) is 7. The number of ether oxygens (including phenoxy) is 1. The van der Waals surface area contributed by atoms with E-state index in [4.69, 9.17) is 4.74 Å². The van der Waals surface area contributed by atoms with Crippen LogP contribution in [0.15, 0.2) is 42.6 Å². The molecule has 2 aliphatic rings. The third-order valence-electron chi connectivity index (χ3n) is 8.03. The molecule has 3 heterocycles. The van der Waals surface area contributed by atoms with Crippen LogP contribution in [0.1, 0.15) is 47.8 Å². The monoisotopic (exact) mass is 753 g/mol. The Morgan fingerprint density at radius 1 is 1.07 bits per heavy atom. The predicted molar refractivity (Wildman–Crippen MR) is 183 cm³/mol. The van der Waals surface area contributed by atoms with Gasteiger partial charge in [-0.15, -0.1) is 0 Å². The van der Waals surface area contributed by atoms with Gasteiger partial charge < -0.3 is 5.32 Å². The average molecular weight is 754 g/mol. The van der Waals surface area contributed by atoms with Gasteiger partial charge >= 0.3 is 199 Å². The molecule has 2 aromatic carbocycles. The number of amides is 3. The third-order valence-corrected chi connectivity index (χ3v) is 13.9. The second-order valence-corrected chi connectivity index (χ2v) is 17.1. The molecule has 0 radical (unpaired) electrons. The van der Waals surface area contributed by atoms with Crippen molar-refractivity contribution in [2.75, 3.05) is 69.1 Å². The van der Waals surface area contributed by atoms with Gasteiger partial charge in [0.15, 0.2) is 0 Å². The van der Waals surface area contributed by atoms with Crippen LogP contribution in [0.25, 0.3) is 0 Å². The van der Waals surface area contributed by atoms with Crippen molar-refractivity contribution in [3.63, 3.8) is 0 Å². The summed E-state index contributed by atoms with van der Waals surface area (Å²) in [5.41, 5.74) is 0.862. The Kier molecular flexibility index (Phi) is 10.6. The van der Waals surface area contributed by atoms with Crippen molar-refractivity contribution >= 4 is 54.9 Å². The minimum absolute atomic E-state index is 0.0983. The Morgan fingerprint density at radius 3 is 2.48 bits per heavy atom. The van der Waals surface area contributed by atoms with Crippen LogP contribution in [-0.4, -0.2) is 75.5 Å². The van der Waals surface area contributed by atoms with Crippen molar-refractivity contribution in [2.45, 2.75) is 37.9 Å². The van der Waals surface area contributed by atoms with Gasteiger partial charge in [0.2, 0.25) is 5.95 Å². The first-order valence-corrected chi connectivity index (χ1v) is 19.8. The van der Waals surface area contributed by atoms with Gasteiger partial charge in [-0.05, 0) is 13.8 Å². The van der Waals surface area contributed by atoms with Crippen molar-refractivity contribution in [3.05, 3.63) is 64.8 Å². The Bertz CT molecular complexity index is 1580. The number of anilines is 4. The van der Waals surface area contributed by atoms with Crippen LogP contribution < -0.4 is 25.2 Å². The van der Waals surface area contributed by atoms with Crippen LogP contribution in [-0.2, 0) is 17.1 Å². The van der Waals surface area contributed by atoms with Crippen molar-refractivity contribution in [2.24, 2.45) is 0 Å². The number of nitrogens with zero attached hydrogens (tertiary/aromatic N) is 5. The molecule has 1 aromatic heterocycles. The summed E-state index contributed by atoms with van der Waals surface area (Å²) >= 11 is -1.57. The van der Waals surface area contributed by atoms with Gasteiger partial charge in [-0.25, -0.2) is 9.78 Å². The van der Waals surface area contributed by atoms with Crippen LogP contribution in [0.3, 0.4) is 0 Å². The fraction of sp³-hybridized carbons (Fsp3) is 0.438. The molecule has 1 saturated heterocycles. The maximum atomic E-state index is 14.2. The van der Waals surface area contributed by atoms with E-state index in [0.29, 0.717) is 40.7 Å². The first-order chi connectivity index (χ1) is 22.0. The first-order valence-electron chi connectivity index (χ1n) is 15.2. The molecule has 14 heteroatoms. The zero-order chi connectivity index (χ0) is 33.0. The molecule has 2 aliphatic heterocycles. The number of hydrogen-bond donors (Lipinski definition) is 2. The van der Waals surface area contributed by atoms with Crippen LogP contribution >= 0.6 is 19.8 Å². The van der Waals surface area contributed by atoms with E-state index in [-0.39, 0.29) is 29.4 Å². The molecule has 10 nitrogen and oxygen atoms in total. The SMILES string of the molecule is CCNc1ncc2c(n1)N(CC)C(=O)N(c1cc(NC(=O)c3ccc(CI4CCN(CC)CC4)c(C(F)(F)F)c3)cc(OC)c1)C2. The standard InChI is InChI=1S/C32H39F3IN7O3/c1-5-37-30-38-19-23-20-43(31(45)42(7-3)28(23)40-30)25-15-24(16-26(17-25)46-4)39-29(44)21-8-9-22(27(14-21)32(33,34)35)18-36-10-12-41(6-2)13-11-36/h8-9,14-17,19H,5-7,10-13,18,20H2,1-4H3,(H,39,44)(H,37,38,40). The summed E-state index contributed by atoms with van der Waals surface area (Å²) in [5, 5.41) is 5.78. The van der Waals surface area contributed by atoms with Crippen LogP contribution in [0, 0.1) is 0 Å².